The van der Waals surface area contributed by atoms with Crippen LogP contribution in [0.25, 0.3) is 0 Å². The van der Waals surface area contributed by atoms with Crippen molar-refractivity contribution in [3.63, 3.8) is 0 Å². The second-order valence-electron chi connectivity index (χ2n) is 4.77. The molecule has 0 saturated carbocycles. The van der Waals surface area contributed by atoms with E-state index < -0.39 is 12.1 Å². The van der Waals surface area contributed by atoms with Gasteiger partial charge in [-0.05, 0) is 26.0 Å². The number of hydrogen-bond acceptors (Lipinski definition) is 5. The number of aliphatic carboxylic acids is 1. The molecule has 0 saturated heterocycles. The molecule has 0 spiro atoms. The Bertz CT molecular complexity index is 552. The summed E-state index contributed by atoms with van der Waals surface area (Å²) in [6, 6.07) is 4.04. The van der Waals surface area contributed by atoms with Crippen LogP contribution in [0.1, 0.15) is 23.1 Å². The number of carbonyl (C=O) groups excluding carboxylic acids is 1. The Balaban J connectivity index is 1.82. The number of hydrogen-bond donors (Lipinski definition) is 2. The maximum absolute atomic E-state index is 11.9. The lowest BCUT2D eigenvalue weighted by Crippen LogP contribution is -2.41. The second-order valence-corrected chi connectivity index (χ2v) is 6.14. The second kappa shape index (κ2) is 6.04. The van der Waals surface area contributed by atoms with Gasteiger partial charge >= 0.3 is 5.97 Å². The number of amides is 1. The average molecular weight is 296 g/mol. The predicted octanol–water partition coefficient (Wildman–Crippen LogP) is 1.33. The van der Waals surface area contributed by atoms with E-state index in [0.29, 0.717) is 0 Å². The summed E-state index contributed by atoms with van der Waals surface area (Å²) in [7, 11) is 0. The summed E-state index contributed by atoms with van der Waals surface area (Å²) in [5.41, 5.74) is -0.119. The lowest BCUT2D eigenvalue weighted by atomic mass is 10.1. The van der Waals surface area contributed by atoms with E-state index in [-0.39, 0.29) is 24.1 Å². The van der Waals surface area contributed by atoms with Gasteiger partial charge in [-0.1, -0.05) is 5.16 Å². The molecule has 20 heavy (non-hydrogen) atoms. The maximum atomic E-state index is 11.9. The van der Waals surface area contributed by atoms with E-state index >= 15 is 0 Å². The van der Waals surface area contributed by atoms with Gasteiger partial charge in [0.05, 0.1) is 0 Å². The quantitative estimate of drug-likeness (QED) is 0.858. The highest BCUT2D eigenvalue weighted by Crippen LogP contribution is 2.17. The number of rotatable bonds is 5. The Morgan fingerprint density at radius 2 is 2.35 bits per heavy atom. The van der Waals surface area contributed by atoms with Crippen LogP contribution >= 0.6 is 11.3 Å². The van der Waals surface area contributed by atoms with Gasteiger partial charge < -0.3 is 15.3 Å². The fourth-order valence-corrected chi connectivity index (χ4v) is 2.95. The summed E-state index contributed by atoms with van der Waals surface area (Å²) >= 11 is 1.70. The SMILES string of the molecule is Cc1ccc(CC(C)NC(=O)C2CC(C(=O)O)=NO2)s1. The van der Waals surface area contributed by atoms with E-state index in [2.05, 4.69) is 10.5 Å². The van der Waals surface area contributed by atoms with Gasteiger partial charge in [-0.3, -0.25) is 4.79 Å². The van der Waals surface area contributed by atoms with Crippen LogP contribution in [0.15, 0.2) is 17.3 Å². The summed E-state index contributed by atoms with van der Waals surface area (Å²) in [5, 5.41) is 15.0. The molecule has 0 radical (unpaired) electrons. The van der Waals surface area contributed by atoms with Crippen molar-refractivity contribution >= 4 is 28.9 Å². The Morgan fingerprint density at radius 1 is 1.60 bits per heavy atom. The highest BCUT2D eigenvalue weighted by Gasteiger charge is 2.31. The van der Waals surface area contributed by atoms with Crippen molar-refractivity contribution in [3.8, 4) is 0 Å². The van der Waals surface area contributed by atoms with Crippen LogP contribution < -0.4 is 5.32 Å². The fraction of sp³-hybridized carbons (Fsp3) is 0.462. The third-order valence-electron chi connectivity index (χ3n) is 2.90. The third-order valence-corrected chi connectivity index (χ3v) is 3.92. The molecular weight excluding hydrogens is 280 g/mol. The minimum Gasteiger partial charge on any atom is -0.477 e. The first-order valence-corrected chi connectivity index (χ1v) is 7.09. The molecule has 7 heteroatoms. The van der Waals surface area contributed by atoms with Crippen molar-refractivity contribution in [1.29, 1.82) is 0 Å². The zero-order chi connectivity index (χ0) is 14.7. The van der Waals surface area contributed by atoms with Crippen LogP contribution in [0.5, 0.6) is 0 Å². The standard InChI is InChI=1S/C13H16N2O4S/c1-7(5-9-4-3-8(2)20-9)14-12(16)11-6-10(13(17)18)15-19-11/h3-4,7,11H,5-6H2,1-2H3,(H,14,16)(H,17,18). The summed E-state index contributed by atoms with van der Waals surface area (Å²) in [4.78, 5) is 29.9. The molecule has 1 aliphatic heterocycles. The van der Waals surface area contributed by atoms with E-state index in [1.165, 1.54) is 9.75 Å². The van der Waals surface area contributed by atoms with Crippen LogP contribution in [0.2, 0.25) is 0 Å². The molecule has 0 bridgehead atoms. The molecule has 2 N–H and O–H groups in total. The predicted molar refractivity (Wildman–Crippen MR) is 74.9 cm³/mol. The van der Waals surface area contributed by atoms with E-state index in [1.54, 1.807) is 11.3 Å². The zero-order valence-electron chi connectivity index (χ0n) is 11.3. The monoisotopic (exact) mass is 296 g/mol. The van der Waals surface area contributed by atoms with Gasteiger partial charge in [-0.25, -0.2) is 4.79 Å². The van der Waals surface area contributed by atoms with Crippen molar-refractivity contribution in [2.45, 2.75) is 38.8 Å². The van der Waals surface area contributed by atoms with Crippen LogP contribution in [0.4, 0.5) is 0 Å². The summed E-state index contributed by atoms with van der Waals surface area (Å²) in [5.74, 6) is -1.48. The number of oxime groups is 1. The minimum atomic E-state index is -1.15. The Hall–Kier alpha value is -1.89. The lowest BCUT2D eigenvalue weighted by Gasteiger charge is -2.15. The first-order valence-electron chi connectivity index (χ1n) is 6.27. The van der Waals surface area contributed by atoms with Crippen LogP contribution in [-0.4, -0.2) is 34.8 Å². The van der Waals surface area contributed by atoms with Crippen molar-refractivity contribution < 1.29 is 19.5 Å². The number of nitrogens with one attached hydrogen (secondary N) is 1. The number of aryl methyl sites for hydroxylation is 1. The highest BCUT2D eigenvalue weighted by molar-refractivity contribution is 7.11. The van der Waals surface area contributed by atoms with Gasteiger partial charge in [0.25, 0.3) is 5.91 Å². The Labute approximate surface area is 120 Å². The summed E-state index contributed by atoms with van der Waals surface area (Å²) in [6.07, 6.45) is -0.0936. The molecular formula is C13H16N2O4S. The Kier molecular flexibility index (Phi) is 4.39. The molecule has 2 heterocycles. The lowest BCUT2D eigenvalue weighted by molar-refractivity contribution is -0.131. The van der Waals surface area contributed by atoms with Crippen LogP contribution in [-0.2, 0) is 20.8 Å². The molecule has 2 rings (SSSR count). The zero-order valence-corrected chi connectivity index (χ0v) is 12.1. The van der Waals surface area contributed by atoms with Gasteiger partial charge in [0.1, 0.15) is 0 Å². The van der Waals surface area contributed by atoms with E-state index in [0.717, 1.165) is 6.42 Å². The third kappa shape index (κ3) is 3.57. The van der Waals surface area contributed by atoms with E-state index in [4.69, 9.17) is 9.94 Å². The number of carboxylic acids is 1. The van der Waals surface area contributed by atoms with Gasteiger partial charge in [-0.2, -0.15) is 0 Å². The molecule has 1 aliphatic rings. The minimum absolute atomic E-state index is 0.00595. The fourth-order valence-electron chi connectivity index (χ4n) is 1.93. The first kappa shape index (κ1) is 14.5. The maximum Gasteiger partial charge on any atom is 0.353 e. The molecule has 108 valence electrons. The van der Waals surface area contributed by atoms with Crippen molar-refractivity contribution in [3.05, 3.63) is 21.9 Å². The molecule has 0 aliphatic carbocycles. The van der Waals surface area contributed by atoms with Gasteiger partial charge in [0.15, 0.2) is 5.71 Å². The molecule has 6 nitrogen and oxygen atoms in total. The smallest absolute Gasteiger partial charge is 0.353 e. The normalized spacial score (nSPS) is 19.1. The van der Waals surface area contributed by atoms with Crippen LogP contribution in [0, 0.1) is 6.92 Å². The topological polar surface area (TPSA) is 88.0 Å². The average Bonchev–Trinajstić information content (AvgIpc) is 2.98. The van der Waals surface area contributed by atoms with Crippen molar-refractivity contribution in [2.24, 2.45) is 5.16 Å². The molecule has 1 amide bonds. The molecule has 0 fully saturated rings. The summed E-state index contributed by atoms with van der Waals surface area (Å²) < 4.78 is 0. The molecule has 0 aromatic carbocycles. The number of thiophene rings is 1. The number of carbonyl (C=O) groups is 2. The first-order chi connectivity index (χ1) is 9.45. The van der Waals surface area contributed by atoms with E-state index in [1.807, 2.05) is 26.0 Å². The largest absolute Gasteiger partial charge is 0.477 e. The van der Waals surface area contributed by atoms with Gasteiger partial charge in [-0.15, -0.1) is 11.3 Å². The van der Waals surface area contributed by atoms with Crippen LogP contribution in [0.3, 0.4) is 0 Å². The van der Waals surface area contributed by atoms with E-state index in [9.17, 15) is 9.59 Å². The summed E-state index contributed by atoms with van der Waals surface area (Å²) in [6.45, 7) is 3.94. The molecule has 1 aromatic heterocycles. The number of carboxylic acid groups (broad SMARTS) is 1. The molecule has 2 unspecified atom stereocenters. The van der Waals surface area contributed by atoms with Crippen molar-refractivity contribution in [1.82, 2.24) is 5.32 Å². The Morgan fingerprint density at radius 3 is 2.90 bits per heavy atom. The molecule has 1 aromatic rings. The van der Waals surface area contributed by atoms with Crippen molar-refractivity contribution in [2.75, 3.05) is 0 Å². The highest BCUT2D eigenvalue weighted by atomic mass is 32.1. The molecule has 2 atom stereocenters. The number of nitrogens with zero attached hydrogens (tertiary/aromatic N) is 1. The van der Waals surface area contributed by atoms with Gasteiger partial charge in [0, 0.05) is 28.6 Å². The van der Waals surface area contributed by atoms with Gasteiger partial charge in [0.2, 0.25) is 6.10 Å².